The largest absolute Gasteiger partial charge is 0.490 e. The highest BCUT2D eigenvalue weighted by Crippen LogP contribution is 2.31. The molecule has 0 saturated heterocycles. The Labute approximate surface area is 181 Å². The van der Waals surface area contributed by atoms with Crippen LogP contribution in [-0.4, -0.2) is 18.5 Å². The first-order valence-electron chi connectivity index (χ1n) is 10.2. The van der Waals surface area contributed by atoms with Crippen LogP contribution in [0.25, 0.3) is 6.08 Å². The lowest BCUT2D eigenvalue weighted by Gasteiger charge is -2.12. The predicted octanol–water partition coefficient (Wildman–Crippen LogP) is 5.32. The van der Waals surface area contributed by atoms with E-state index in [9.17, 15) is 4.79 Å². The minimum Gasteiger partial charge on any atom is -0.490 e. The zero-order chi connectivity index (χ0) is 21.6. The van der Waals surface area contributed by atoms with Crippen LogP contribution in [-0.2, 0) is 16.1 Å². The molecule has 5 heteroatoms. The van der Waals surface area contributed by atoms with E-state index in [0.29, 0.717) is 30.6 Å². The van der Waals surface area contributed by atoms with Crippen molar-refractivity contribution in [2.45, 2.75) is 20.5 Å². The Morgan fingerprint density at radius 3 is 2.45 bits per heavy atom. The van der Waals surface area contributed by atoms with Gasteiger partial charge in [0.1, 0.15) is 6.61 Å². The van der Waals surface area contributed by atoms with Crippen molar-refractivity contribution in [1.82, 2.24) is 0 Å². The first-order chi connectivity index (χ1) is 15.1. The van der Waals surface area contributed by atoms with Gasteiger partial charge < -0.3 is 14.2 Å². The first-order valence-corrected chi connectivity index (χ1v) is 10.2. The highest BCUT2D eigenvalue weighted by molar-refractivity contribution is 6.12. The van der Waals surface area contributed by atoms with Gasteiger partial charge >= 0.3 is 5.97 Å². The smallest absolute Gasteiger partial charge is 0.363 e. The average molecular weight is 413 g/mol. The molecule has 0 fully saturated rings. The van der Waals surface area contributed by atoms with Crippen LogP contribution < -0.4 is 9.47 Å². The van der Waals surface area contributed by atoms with E-state index in [4.69, 9.17) is 14.2 Å². The Bertz CT molecular complexity index is 1130. The molecule has 0 radical (unpaired) electrons. The molecule has 0 bridgehead atoms. The lowest BCUT2D eigenvalue weighted by Crippen LogP contribution is -2.05. The van der Waals surface area contributed by atoms with Crippen molar-refractivity contribution in [3.63, 3.8) is 0 Å². The number of esters is 1. The van der Waals surface area contributed by atoms with E-state index in [0.717, 1.165) is 22.3 Å². The van der Waals surface area contributed by atoms with Gasteiger partial charge in [-0.1, -0.05) is 54.1 Å². The van der Waals surface area contributed by atoms with Crippen LogP contribution in [0, 0.1) is 6.92 Å². The molecule has 3 aromatic rings. The number of benzene rings is 3. The number of aliphatic imine (C=N–C) groups is 1. The topological polar surface area (TPSA) is 57.1 Å². The van der Waals surface area contributed by atoms with Crippen molar-refractivity contribution < 1.29 is 19.0 Å². The van der Waals surface area contributed by atoms with Crippen LogP contribution in [0.3, 0.4) is 0 Å². The summed E-state index contributed by atoms with van der Waals surface area (Å²) < 4.78 is 17.0. The molecule has 31 heavy (non-hydrogen) atoms. The van der Waals surface area contributed by atoms with Crippen LogP contribution in [0.4, 0.5) is 0 Å². The third kappa shape index (κ3) is 5.01. The fourth-order valence-electron chi connectivity index (χ4n) is 3.12. The van der Waals surface area contributed by atoms with E-state index in [1.807, 2.05) is 86.6 Å². The number of nitrogens with zero attached hydrogens (tertiary/aromatic N) is 1. The molecule has 5 nitrogen and oxygen atoms in total. The molecule has 1 aliphatic rings. The number of hydrogen-bond acceptors (Lipinski definition) is 5. The van der Waals surface area contributed by atoms with E-state index >= 15 is 0 Å². The van der Waals surface area contributed by atoms with Gasteiger partial charge in [-0.2, -0.15) is 0 Å². The zero-order valence-corrected chi connectivity index (χ0v) is 17.5. The molecule has 0 saturated carbocycles. The van der Waals surface area contributed by atoms with Gasteiger partial charge in [0.05, 0.1) is 6.61 Å². The zero-order valence-electron chi connectivity index (χ0n) is 17.5. The second-order valence-corrected chi connectivity index (χ2v) is 7.12. The lowest BCUT2D eigenvalue weighted by atomic mass is 10.1. The quantitative estimate of drug-likeness (QED) is 0.389. The fourth-order valence-corrected chi connectivity index (χ4v) is 3.12. The molecule has 0 spiro atoms. The number of aryl methyl sites for hydroxylation is 1. The number of hydrogen-bond donors (Lipinski definition) is 0. The van der Waals surface area contributed by atoms with Gasteiger partial charge in [-0.25, -0.2) is 9.79 Å². The summed E-state index contributed by atoms with van der Waals surface area (Å²) >= 11 is 0. The number of cyclic esters (lactones) is 1. The molecular weight excluding hydrogens is 390 g/mol. The van der Waals surface area contributed by atoms with Gasteiger partial charge in [0.25, 0.3) is 0 Å². The SMILES string of the molecule is CCOc1cc(/C=C2/N=C(c3ccc(C)cc3)OC2=O)ccc1OCc1ccccc1. The number of carbonyl (C=O) groups is 1. The lowest BCUT2D eigenvalue weighted by molar-refractivity contribution is -0.129. The Balaban J connectivity index is 1.56. The Kier molecular flexibility index (Phi) is 6.13. The maximum absolute atomic E-state index is 12.3. The Hall–Kier alpha value is -3.86. The van der Waals surface area contributed by atoms with E-state index in [1.54, 1.807) is 6.08 Å². The minimum atomic E-state index is -0.474. The van der Waals surface area contributed by atoms with Crippen LogP contribution in [0.15, 0.2) is 83.5 Å². The maximum atomic E-state index is 12.3. The molecular formula is C26H23NO4. The summed E-state index contributed by atoms with van der Waals surface area (Å²) in [7, 11) is 0. The summed E-state index contributed by atoms with van der Waals surface area (Å²) in [6.45, 7) is 4.86. The Morgan fingerprint density at radius 1 is 0.935 bits per heavy atom. The molecule has 3 aromatic carbocycles. The van der Waals surface area contributed by atoms with Crippen LogP contribution in [0.5, 0.6) is 11.5 Å². The summed E-state index contributed by atoms with van der Waals surface area (Å²) in [5, 5.41) is 0. The molecule has 1 heterocycles. The molecule has 0 atom stereocenters. The van der Waals surface area contributed by atoms with Gasteiger partial charge in [-0.15, -0.1) is 0 Å². The summed E-state index contributed by atoms with van der Waals surface area (Å²) in [4.78, 5) is 16.7. The maximum Gasteiger partial charge on any atom is 0.363 e. The van der Waals surface area contributed by atoms with Gasteiger partial charge in [-0.3, -0.25) is 0 Å². The molecule has 156 valence electrons. The molecule has 0 aliphatic carbocycles. The van der Waals surface area contributed by atoms with Crippen molar-refractivity contribution in [2.24, 2.45) is 4.99 Å². The van der Waals surface area contributed by atoms with Crippen LogP contribution in [0.1, 0.15) is 29.2 Å². The second kappa shape index (κ2) is 9.30. The van der Waals surface area contributed by atoms with E-state index in [-0.39, 0.29) is 5.70 Å². The van der Waals surface area contributed by atoms with E-state index in [1.165, 1.54) is 0 Å². The van der Waals surface area contributed by atoms with Crippen molar-refractivity contribution in [3.05, 3.63) is 101 Å². The number of carbonyl (C=O) groups excluding carboxylic acids is 1. The monoisotopic (exact) mass is 413 g/mol. The number of rotatable bonds is 7. The first kappa shape index (κ1) is 20.4. The standard InChI is InChI=1S/C26H23NO4/c1-3-29-24-16-20(11-14-23(24)30-17-19-7-5-4-6-8-19)15-22-26(28)31-25(27-22)21-12-9-18(2)10-13-21/h4-16H,3,17H2,1-2H3/b22-15+. The van der Waals surface area contributed by atoms with Gasteiger partial charge in [0, 0.05) is 5.56 Å². The fraction of sp³-hybridized carbons (Fsp3) is 0.154. The summed E-state index contributed by atoms with van der Waals surface area (Å²) in [5.41, 5.74) is 3.99. The van der Waals surface area contributed by atoms with Gasteiger partial charge in [0.15, 0.2) is 17.2 Å². The molecule has 0 amide bonds. The van der Waals surface area contributed by atoms with Gasteiger partial charge in [-0.05, 0) is 55.3 Å². The average Bonchev–Trinajstić information content (AvgIpc) is 3.15. The highest BCUT2D eigenvalue weighted by atomic mass is 16.6. The molecule has 0 unspecified atom stereocenters. The highest BCUT2D eigenvalue weighted by Gasteiger charge is 2.24. The molecule has 1 aliphatic heterocycles. The van der Waals surface area contributed by atoms with Crippen LogP contribution in [0.2, 0.25) is 0 Å². The Morgan fingerprint density at radius 2 is 1.71 bits per heavy atom. The third-order valence-corrected chi connectivity index (χ3v) is 4.73. The second-order valence-electron chi connectivity index (χ2n) is 7.12. The molecule has 0 aromatic heterocycles. The normalized spacial score (nSPS) is 14.3. The number of ether oxygens (including phenoxy) is 3. The third-order valence-electron chi connectivity index (χ3n) is 4.73. The van der Waals surface area contributed by atoms with Crippen molar-refractivity contribution in [3.8, 4) is 11.5 Å². The van der Waals surface area contributed by atoms with E-state index < -0.39 is 5.97 Å². The summed E-state index contributed by atoms with van der Waals surface area (Å²) in [5.74, 6) is 1.09. The minimum absolute atomic E-state index is 0.246. The van der Waals surface area contributed by atoms with Gasteiger partial charge in [0.2, 0.25) is 5.90 Å². The van der Waals surface area contributed by atoms with Crippen molar-refractivity contribution in [2.75, 3.05) is 6.61 Å². The molecule has 4 rings (SSSR count). The van der Waals surface area contributed by atoms with Crippen molar-refractivity contribution in [1.29, 1.82) is 0 Å². The summed E-state index contributed by atoms with van der Waals surface area (Å²) in [6.07, 6.45) is 1.69. The van der Waals surface area contributed by atoms with E-state index in [2.05, 4.69) is 4.99 Å². The van der Waals surface area contributed by atoms with Crippen LogP contribution >= 0.6 is 0 Å². The van der Waals surface area contributed by atoms with Crippen molar-refractivity contribution >= 4 is 17.9 Å². The predicted molar refractivity (Wildman–Crippen MR) is 120 cm³/mol. The summed E-state index contributed by atoms with van der Waals surface area (Å²) in [6, 6.07) is 23.2. The molecule has 0 N–H and O–H groups in total.